The summed E-state index contributed by atoms with van der Waals surface area (Å²) in [5, 5.41) is 4.27. The number of nitrogens with zero attached hydrogens (tertiary/aromatic N) is 4. The van der Waals surface area contributed by atoms with Gasteiger partial charge >= 0.3 is 0 Å². The molecule has 2 aromatic rings. The summed E-state index contributed by atoms with van der Waals surface area (Å²) in [7, 11) is 0. The maximum Gasteiger partial charge on any atom is 0.269 e. The SMILES string of the molecule is Nc1ccc(Cn2ncc(N3CCCCC3)cc2=O)cn1. The Labute approximate surface area is 123 Å². The van der Waals surface area contributed by atoms with Gasteiger partial charge < -0.3 is 10.6 Å². The van der Waals surface area contributed by atoms with Crippen LogP contribution in [0.3, 0.4) is 0 Å². The van der Waals surface area contributed by atoms with Crippen LogP contribution in [-0.2, 0) is 6.54 Å². The van der Waals surface area contributed by atoms with Gasteiger partial charge in [0.1, 0.15) is 5.82 Å². The van der Waals surface area contributed by atoms with Crippen molar-refractivity contribution in [2.45, 2.75) is 25.8 Å². The van der Waals surface area contributed by atoms with Gasteiger partial charge in [-0.2, -0.15) is 5.10 Å². The van der Waals surface area contributed by atoms with Crippen LogP contribution < -0.4 is 16.2 Å². The van der Waals surface area contributed by atoms with Gasteiger partial charge in [0.25, 0.3) is 5.56 Å². The Bertz CT molecular complexity index is 659. The van der Waals surface area contributed by atoms with E-state index in [1.54, 1.807) is 24.5 Å². The van der Waals surface area contributed by atoms with Crippen LogP contribution in [0.1, 0.15) is 24.8 Å². The Kier molecular flexibility index (Phi) is 3.85. The second-order valence-corrected chi connectivity index (χ2v) is 5.35. The van der Waals surface area contributed by atoms with E-state index in [1.165, 1.54) is 23.9 Å². The Morgan fingerprint density at radius 1 is 1.14 bits per heavy atom. The van der Waals surface area contributed by atoms with Gasteiger partial charge in [0.2, 0.25) is 0 Å². The zero-order chi connectivity index (χ0) is 14.7. The monoisotopic (exact) mass is 285 g/mol. The van der Waals surface area contributed by atoms with Gasteiger partial charge in [-0.3, -0.25) is 4.79 Å². The predicted molar refractivity (Wildman–Crippen MR) is 82.3 cm³/mol. The fourth-order valence-corrected chi connectivity index (χ4v) is 2.57. The Hall–Kier alpha value is -2.37. The molecular weight excluding hydrogens is 266 g/mol. The molecule has 0 radical (unpaired) electrons. The van der Waals surface area contributed by atoms with Gasteiger partial charge in [-0.25, -0.2) is 9.67 Å². The van der Waals surface area contributed by atoms with Gasteiger partial charge in [-0.15, -0.1) is 0 Å². The van der Waals surface area contributed by atoms with Crippen molar-refractivity contribution in [2.75, 3.05) is 23.7 Å². The van der Waals surface area contributed by atoms with E-state index in [4.69, 9.17) is 5.73 Å². The lowest BCUT2D eigenvalue weighted by Crippen LogP contribution is -2.32. The van der Waals surface area contributed by atoms with E-state index in [9.17, 15) is 4.79 Å². The standard InChI is InChI=1S/C15H19N5O/c16-14-5-4-12(9-17-14)11-20-15(21)8-13(10-18-20)19-6-2-1-3-7-19/h4-5,8-10H,1-3,6-7,11H2,(H2,16,17). The average molecular weight is 285 g/mol. The molecule has 2 aromatic heterocycles. The fourth-order valence-electron chi connectivity index (χ4n) is 2.57. The van der Waals surface area contributed by atoms with Crippen LogP contribution >= 0.6 is 0 Å². The molecule has 6 heteroatoms. The van der Waals surface area contributed by atoms with Crippen LogP contribution in [0.5, 0.6) is 0 Å². The molecule has 0 atom stereocenters. The summed E-state index contributed by atoms with van der Waals surface area (Å²) in [4.78, 5) is 18.4. The highest BCUT2D eigenvalue weighted by molar-refractivity contribution is 5.43. The van der Waals surface area contributed by atoms with Gasteiger partial charge in [0, 0.05) is 25.4 Å². The number of hydrogen-bond donors (Lipinski definition) is 1. The molecule has 21 heavy (non-hydrogen) atoms. The Morgan fingerprint density at radius 3 is 2.62 bits per heavy atom. The Morgan fingerprint density at radius 2 is 1.95 bits per heavy atom. The van der Waals surface area contributed by atoms with E-state index in [0.29, 0.717) is 12.4 Å². The van der Waals surface area contributed by atoms with Crippen LogP contribution in [0.4, 0.5) is 11.5 Å². The predicted octanol–water partition coefficient (Wildman–Crippen LogP) is 1.26. The third-order valence-electron chi connectivity index (χ3n) is 3.76. The number of piperidine rings is 1. The minimum Gasteiger partial charge on any atom is -0.384 e. The molecule has 6 nitrogen and oxygen atoms in total. The first kappa shape index (κ1) is 13.6. The summed E-state index contributed by atoms with van der Waals surface area (Å²) in [6, 6.07) is 5.25. The van der Waals surface area contributed by atoms with Gasteiger partial charge in [-0.1, -0.05) is 6.07 Å². The topological polar surface area (TPSA) is 77.0 Å². The van der Waals surface area contributed by atoms with Crippen molar-refractivity contribution in [1.82, 2.24) is 14.8 Å². The molecule has 0 spiro atoms. The first-order valence-electron chi connectivity index (χ1n) is 7.25. The van der Waals surface area contributed by atoms with Crippen LogP contribution in [0.25, 0.3) is 0 Å². The van der Waals surface area contributed by atoms with Crippen molar-refractivity contribution < 1.29 is 0 Å². The van der Waals surface area contributed by atoms with Crippen molar-refractivity contribution >= 4 is 11.5 Å². The summed E-state index contributed by atoms with van der Waals surface area (Å²) >= 11 is 0. The number of anilines is 2. The van der Waals surface area contributed by atoms with E-state index in [1.807, 2.05) is 6.07 Å². The summed E-state index contributed by atoms with van der Waals surface area (Å²) in [6.45, 7) is 2.42. The van der Waals surface area contributed by atoms with E-state index in [2.05, 4.69) is 15.0 Å². The third-order valence-corrected chi connectivity index (χ3v) is 3.76. The normalized spacial score (nSPS) is 15.1. The lowest BCUT2D eigenvalue weighted by atomic mass is 10.1. The van der Waals surface area contributed by atoms with Gasteiger partial charge in [-0.05, 0) is 30.9 Å². The number of pyridine rings is 1. The molecule has 0 aromatic carbocycles. The van der Waals surface area contributed by atoms with E-state index < -0.39 is 0 Å². The average Bonchev–Trinajstić information content (AvgIpc) is 2.52. The van der Waals surface area contributed by atoms with Crippen LogP contribution in [0.15, 0.2) is 35.4 Å². The number of hydrogen-bond acceptors (Lipinski definition) is 5. The lowest BCUT2D eigenvalue weighted by Gasteiger charge is -2.28. The van der Waals surface area contributed by atoms with Crippen molar-refractivity contribution in [1.29, 1.82) is 0 Å². The van der Waals surface area contributed by atoms with E-state index in [0.717, 1.165) is 24.3 Å². The quantitative estimate of drug-likeness (QED) is 0.918. The van der Waals surface area contributed by atoms with E-state index in [-0.39, 0.29) is 5.56 Å². The molecule has 110 valence electrons. The maximum absolute atomic E-state index is 12.2. The van der Waals surface area contributed by atoms with Crippen molar-refractivity contribution in [3.63, 3.8) is 0 Å². The molecule has 3 heterocycles. The molecule has 1 fully saturated rings. The summed E-state index contributed by atoms with van der Waals surface area (Å²) in [5.74, 6) is 0.472. The summed E-state index contributed by atoms with van der Waals surface area (Å²) in [6.07, 6.45) is 7.07. The lowest BCUT2D eigenvalue weighted by molar-refractivity contribution is 0.571. The van der Waals surface area contributed by atoms with Crippen LogP contribution in [0.2, 0.25) is 0 Å². The molecule has 1 aliphatic heterocycles. The molecule has 1 aliphatic rings. The summed E-state index contributed by atoms with van der Waals surface area (Å²) in [5.41, 5.74) is 7.29. The fraction of sp³-hybridized carbons (Fsp3) is 0.400. The number of nitrogen functional groups attached to an aromatic ring is 1. The van der Waals surface area contributed by atoms with Crippen molar-refractivity contribution in [3.8, 4) is 0 Å². The highest BCUT2D eigenvalue weighted by atomic mass is 16.1. The molecule has 3 rings (SSSR count). The van der Waals surface area contributed by atoms with Gasteiger partial charge in [0.15, 0.2) is 0 Å². The van der Waals surface area contributed by atoms with Gasteiger partial charge in [0.05, 0.1) is 18.4 Å². The zero-order valence-corrected chi connectivity index (χ0v) is 11.9. The zero-order valence-electron chi connectivity index (χ0n) is 11.9. The third kappa shape index (κ3) is 3.21. The smallest absolute Gasteiger partial charge is 0.269 e. The number of aromatic nitrogens is 3. The van der Waals surface area contributed by atoms with E-state index >= 15 is 0 Å². The highest BCUT2D eigenvalue weighted by Crippen LogP contribution is 2.16. The first-order chi connectivity index (χ1) is 10.2. The second-order valence-electron chi connectivity index (χ2n) is 5.35. The minimum absolute atomic E-state index is 0.0881. The minimum atomic E-state index is -0.0881. The molecule has 2 N–H and O–H groups in total. The Balaban J connectivity index is 1.77. The number of rotatable bonds is 3. The largest absolute Gasteiger partial charge is 0.384 e. The highest BCUT2D eigenvalue weighted by Gasteiger charge is 2.12. The van der Waals surface area contributed by atoms with Crippen molar-refractivity contribution in [3.05, 3.63) is 46.5 Å². The van der Waals surface area contributed by atoms with Crippen LogP contribution in [0, 0.1) is 0 Å². The number of nitrogens with two attached hydrogens (primary N) is 1. The van der Waals surface area contributed by atoms with Crippen LogP contribution in [-0.4, -0.2) is 27.9 Å². The van der Waals surface area contributed by atoms with Crippen molar-refractivity contribution in [2.24, 2.45) is 0 Å². The maximum atomic E-state index is 12.2. The second kappa shape index (κ2) is 5.95. The molecule has 0 bridgehead atoms. The molecule has 0 aliphatic carbocycles. The summed E-state index contributed by atoms with van der Waals surface area (Å²) < 4.78 is 1.45. The first-order valence-corrected chi connectivity index (χ1v) is 7.25. The molecular formula is C15H19N5O. The molecule has 0 unspecified atom stereocenters. The molecule has 1 saturated heterocycles. The molecule has 0 saturated carbocycles. The molecule has 0 amide bonds.